The number of benzene rings is 2. The normalized spacial score (nSPS) is 12.8. The Morgan fingerprint density at radius 2 is 1.38 bits per heavy atom. The van der Waals surface area contributed by atoms with Crippen LogP contribution in [0.5, 0.6) is 0 Å². The van der Waals surface area contributed by atoms with Crippen LogP contribution in [0.1, 0.15) is 20.7 Å². The first-order chi connectivity index (χ1) is 13.7. The van der Waals surface area contributed by atoms with Crippen molar-refractivity contribution in [2.24, 2.45) is 0 Å². The van der Waals surface area contributed by atoms with Crippen LogP contribution in [0.4, 0.5) is 5.69 Å². The van der Waals surface area contributed by atoms with E-state index in [1.807, 2.05) is 0 Å². The minimum absolute atomic E-state index is 0.180. The maximum absolute atomic E-state index is 12.5. The largest absolute Gasteiger partial charge is 0.454 e. The van der Waals surface area contributed by atoms with E-state index < -0.39 is 36.8 Å². The Labute approximate surface area is 184 Å². The van der Waals surface area contributed by atoms with Gasteiger partial charge < -0.3 is 10.1 Å². The Hall–Kier alpha value is -2.32. The summed E-state index contributed by atoms with van der Waals surface area (Å²) >= 11 is 23.9. The Kier molecular flexibility index (Phi) is 6.33. The third-order valence-electron chi connectivity index (χ3n) is 3.89. The zero-order chi connectivity index (χ0) is 21.3. The van der Waals surface area contributed by atoms with Crippen LogP contribution in [0.25, 0.3) is 0 Å². The molecule has 1 aliphatic rings. The predicted molar refractivity (Wildman–Crippen MR) is 108 cm³/mol. The van der Waals surface area contributed by atoms with E-state index in [9.17, 15) is 19.2 Å². The Balaban J connectivity index is 1.66. The number of nitrogens with one attached hydrogen (secondary N) is 1. The predicted octanol–water partition coefficient (Wildman–Crippen LogP) is 4.08. The molecule has 1 N–H and O–H groups in total. The van der Waals surface area contributed by atoms with E-state index in [4.69, 9.17) is 51.1 Å². The van der Waals surface area contributed by atoms with Crippen LogP contribution < -0.4 is 5.32 Å². The smallest absolute Gasteiger partial charge is 0.326 e. The number of imide groups is 1. The number of hydrogen-bond acceptors (Lipinski definition) is 5. The van der Waals surface area contributed by atoms with Gasteiger partial charge in [0.1, 0.15) is 6.54 Å². The highest BCUT2D eigenvalue weighted by Crippen LogP contribution is 2.44. The molecular formula is C18H10Cl4N2O5. The molecule has 0 saturated heterocycles. The number of halogens is 4. The number of ether oxygens (including phenoxy) is 1. The number of nitrogens with zero attached hydrogens (tertiary/aromatic N) is 1. The quantitative estimate of drug-likeness (QED) is 0.304. The summed E-state index contributed by atoms with van der Waals surface area (Å²) in [5.74, 6) is -3.31. The first-order valence-corrected chi connectivity index (χ1v) is 9.46. The van der Waals surface area contributed by atoms with Gasteiger partial charge >= 0.3 is 5.97 Å². The van der Waals surface area contributed by atoms with Crippen molar-refractivity contribution in [2.75, 3.05) is 18.5 Å². The second kappa shape index (κ2) is 8.59. The van der Waals surface area contributed by atoms with Gasteiger partial charge in [-0.3, -0.25) is 24.1 Å². The summed E-state index contributed by atoms with van der Waals surface area (Å²) in [5, 5.41) is 1.68. The fourth-order valence-corrected chi connectivity index (χ4v) is 3.59. The van der Waals surface area contributed by atoms with Crippen LogP contribution in [0.3, 0.4) is 0 Å². The molecule has 0 aromatic heterocycles. The zero-order valence-electron chi connectivity index (χ0n) is 14.3. The number of esters is 1. The molecule has 0 atom stereocenters. The molecule has 1 heterocycles. The summed E-state index contributed by atoms with van der Waals surface area (Å²) in [5.41, 5.74) is 0.0308. The third-order valence-corrected chi connectivity index (χ3v) is 5.70. The van der Waals surface area contributed by atoms with Crippen LogP contribution >= 0.6 is 46.4 Å². The number of amides is 3. The van der Waals surface area contributed by atoms with E-state index in [0.29, 0.717) is 10.6 Å². The van der Waals surface area contributed by atoms with Crippen LogP contribution in [0.15, 0.2) is 30.3 Å². The fraction of sp³-hybridized carbons (Fsp3) is 0.111. The summed E-state index contributed by atoms with van der Waals surface area (Å²) in [7, 11) is 0. The van der Waals surface area contributed by atoms with Crippen molar-refractivity contribution in [1.82, 2.24) is 4.90 Å². The fourth-order valence-electron chi connectivity index (χ4n) is 2.58. The lowest BCUT2D eigenvalue weighted by Crippen LogP contribution is -2.36. The van der Waals surface area contributed by atoms with E-state index in [-0.39, 0.29) is 31.2 Å². The van der Waals surface area contributed by atoms with Crippen molar-refractivity contribution in [3.8, 4) is 0 Å². The number of carbonyl (C=O) groups is 4. The molecule has 1 aliphatic heterocycles. The molecule has 0 saturated carbocycles. The summed E-state index contributed by atoms with van der Waals surface area (Å²) in [6.07, 6.45) is 0. The molecule has 0 fully saturated rings. The summed E-state index contributed by atoms with van der Waals surface area (Å²) in [6, 6.07) is 8.53. The zero-order valence-corrected chi connectivity index (χ0v) is 17.3. The molecule has 0 radical (unpaired) electrons. The van der Waals surface area contributed by atoms with E-state index in [1.54, 1.807) is 30.3 Å². The molecule has 3 rings (SSSR count). The minimum Gasteiger partial charge on any atom is -0.454 e. The maximum Gasteiger partial charge on any atom is 0.326 e. The molecule has 0 bridgehead atoms. The highest BCUT2D eigenvalue weighted by atomic mass is 35.5. The number of fused-ring (bicyclic) bond motifs is 1. The van der Waals surface area contributed by atoms with Crippen molar-refractivity contribution >= 4 is 75.8 Å². The maximum atomic E-state index is 12.5. The van der Waals surface area contributed by atoms with E-state index in [1.165, 1.54) is 0 Å². The lowest BCUT2D eigenvalue weighted by Gasteiger charge is -2.13. The lowest BCUT2D eigenvalue weighted by molar-refractivity contribution is -0.147. The first-order valence-electron chi connectivity index (χ1n) is 7.95. The van der Waals surface area contributed by atoms with Gasteiger partial charge in [0, 0.05) is 5.69 Å². The second-order valence-electron chi connectivity index (χ2n) is 5.78. The minimum atomic E-state index is -0.979. The standard InChI is InChI=1S/C18H10Cl4N2O5/c19-13-11-12(14(20)16(22)15(13)21)18(28)24(17(11)27)6-10(26)29-7-9(25)23-8-4-2-1-3-5-8/h1-5H,6-7H2,(H,23,25). The molecule has 0 unspecified atom stereocenters. The van der Waals surface area contributed by atoms with E-state index >= 15 is 0 Å². The number of hydrogen-bond donors (Lipinski definition) is 1. The molecular weight excluding hydrogens is 466 g/mol. The van der Waals surface area contributed by atoms with Crippen molar-refractivity contribution in [2.45, 2.75) is 0 Å². The molecule has 0 aliphatic carbocycles. The first kappa shape index (κ1) is 21.4. The summed E-state index contributed by atoms with van der Waals surface area (Å²) in [6.45, 7) is -1.34. The average Bonchev–Trinajstić information content (AvgIpc) is 2.94. The van der Waals surface area contributed by atoms with Gasteiger partial charge in [-0.1, -0.05) is 64.6 Å². The van der Waals surface area contributed by atoms with Gasteiger partial charge in [-0.2, -0.15) is 0 Å². The number of carbonyl (C=O) groups excluding carboxylic acids is 4. The van der Waals surface area contributed by atoms with Crippen LogP contribution in [0.2, 0.25) is 20.1 Å². The number of anilines is 1. The van der Waals surface area contributed by atoms with E-state index in [0.717, 1.165) is 0 Å². The van der Waals surface area contributed by atoms with Gasteiger partial charge in [0.2, 0.25) is 0 Å². The molecule has 2 aromatic rings. The van der Waals surface area contributed by atoms with Crippen molar-refractivity contribution in [1.29, 1.82) is 0 Å². The van der Waals surface area contributed by atoms with Crippen molar-refractivity contribution in [3.63, 3.8) is 0 Å². The third kappa shape index (κ3) is 4.18. The Morgan fingerprint density at radius 1 is 0.862 bits per heavy atom. The monoisotopic (exact) mass is 474 g/mol. The molecule has 150 valence electrons. The molecule has 11 heteroatoms. The van der Waals surface area contributed by atoms with Gasteiger partial charge in [0.15, 0.2) is 6.61 Å². The van der Waals surface area contributed by atoms with Crippen LogP contribution in [-0.2, 0) is 14.3 Å². The highest BCUT2D eigenvalue weighted by Gasteiger charge is 2.42. The number of rotatable bonds is 5. The summed E-state index contributed by atoms with van der Waals surface area (Å²) < 4.78 is 4.83. The molecule has 3 amide bonds. The van der Waals surface area contributed by atoms with Gasteiger partial charge in [0.05, 0.1) is 31.2 Å². The van der Waals surface area contributed by atoms with Crippen molar-refractivity contribution < 1.29 is 23.9 Å². The molecule has 0 spiro atoms. The average molecular weight is 476 g/mol. The summed E-state index contributed by atoms with van der Waals surface area (Å²) in [4.78, 5) is 49.5. The van der Waals surface area contributed by atoms with Crippen molar-refractivity contribution in [3.05, 3.63) is 61.5 Å². The highest BCUT2D eigenvalue weighted by molar-refractivity contribution is 6.55. The Bertz CT molecular complexity index is 996. The topological polar surface area (TPSA) is 92.8 Å². The molecule has 29 heavy (non-hydrogen) atoms. The van der Waals surface area contributed by atoms with Gasteiger partial charge in [-0.05, 0) is 12.1 Å². The Morgan fingerprint density at radius 3 is 1.90 bits per heavy atom. The van der Waals surface area contributed by atoms with Crippen LogP contribution in [-0.4, -0.2) is 41.7 Å². The number of para-hydroxylation sites is 1. The lowest BCUT2D eigenvalue weighted by atomic mass is 10.1. The van der Waals surface area contributed by atoms with E-state index in [2.05, 4.69) is 5.32 Å². The van der Waals surface area contributed by atoms with Gasteiger partial charge in [-0.15, -0.1) is 0 Å². The van der Waals surface area contributed by atoms with Gasteiger partial charge in [0.25, 0.3) is 17.7 Å². The van der Waals surface area contributed by atoms with Gasteiger partial charge in [-0.25, -0.2) is 0 Å². The van der Waals surface area contributed by atoms with Crippen LogP contribution in [0, 0.1) is 0 Å². The SMILES string of the molecule is O=C(COC(=O)CN1C(=O)c2c(Cl)c(Cl)c(Cl)c(Cl)c2C1=O)Nc1ccccc1. The molecule has 7 nitrogen and oxygen atoms in total. The second-order valence-corrected chi connectivity index (χ2v) is 7.29. The molecule has 2 aromatic carbocycles.